The Morgan fingerprint density at radius 2 is 1.96 bits per heavy atom. The normalized spacial score (nSPS) is 12.6. The summed E-state index contributed by atoms with van der Waals surface area (Å²) in [5.41, 5.74) is 6.88. The number of aromatic nitrogens is 2. The molecule has 0 radical (unpaired) electrons. The van der Waals surface area contributed by atoms with Gasteiger partial charge in [0.15, 0.2) is 0 Å². The molecular weight excluding hydrogens is 366 g/mol. The number of primary amides is 1. The third-order valence-corrected chi connectivity index (χ3v) is 6.27. The number of sulfonamides is 1. The van der Waals surface area contributed by atoms with E-state index in [0.29, 0.717) is 12.1 Å². The zero-order valence-electron chi connectivity index (χ0n) is 16.6. The first-order valence-electron chi connectivity index (χ1n) is 9.02. The highest BCUT2D eigenvalue weighted by Gasteiger charge is 2.21. The second kappa shape index (κ2) is 8.37. The molecule has 8 nitrogen and oxygen atoms in total. The highest BCUT2D eigenvalue weighted by Crippen LogP contribution is 2.23. The highest BCUT2D eigenvalue weighted by molar-refractivity contribution is 7.89. The molecule has 2 aromatic rings. The summed E-state index contributed by atoms with van der Waals surface area (Å²) in [6.45, 7) is 7.44. The number of nitrogens with two attached hydrogens (primary N) is 1. The van der Waals surface area contributed by atoms with Gasteiger partial charge in [0.05, 0.1) is 29.0 Å². The molecule has 150 valence electrons. The second-order valence-electron chi connectivity index (χ2n) is 7.08. The molecule has 0 aliphatic heterocycles. The molecule has 9 heteroatoms. The second-order valence-corrected chi connectivity index (χ2v) is 9.23. The number of amides is 1. The summed E-state index contributed by atoms with van der Waals surface area (Å²) in [4.78, 5) is 18.2. The number of aryl methyl sites for hydroxylation is 1. The average Bonchev–Trinajstić information content (AvgIpc) is 2.90. The minimum atomic E-state index is -3.52. The predicted molar refractivity (Wildman–Crippen MR) is 106 cm³/mol. The Balaban J connectivity index is 2.52. The molecular formula is C18H29N5O3S. The van der Waals surface area contributed by atoms with Crippen LogP contribution in [0.4, 0.5) is 0 Å². The molecule has 0 saturated heterocycles. The van der Waals surface area contributed by atoms with Gasteiger partial charge in [-0.3, -0.25) is 9.69 Å². The lowest BCUT2D eigenvalue weighted by atomic mass is 10.3. The van der Waals surface area contributed by atoms with Gasteiger partial charge >= 0.3 is 0 Å². The van der Waals surface area contributed by atoms with Gasteiger partial charge in [-0.15, -0.1) is 0 Å². The van der Waals surface area contributed by atoms with Crippen molar-refractivity contribution in [2.24, 2.45) is 5.73 Å². The third-order valence-electron chi connectivity index (χ3n) is 4.46. The van der Waals surface area contributed by atoms with Gasteiger partial charge in [0.1, 0.15) is 5.82 Å². The van der Waals surface area contributed by atoms with Crippen molar-refractivity contribution >= 4 is 27.0 Å². The topological polar surface area (TPSA) is 102 Å². The Kier molecular flexibility index (Phi) is 6.61. The van der Waals surface area contributed by atoms with Gasteiger partial charge in [0.2, 0.25) is 15.9 Å². The van der Waals surface area contributed by atoms with Crippen LogP contribution >= 0.6 is 0 Å². The summed E-state index contributed by atoms with van der Waals surface area (Å²) < 4.78 is 28.1. The Morgan fingerprint density at radius 3 is 2.48 bits per heavy atom. The van der Waals surface area contributed by atoms with E-state index in [9.17, 15) is 13.2 Å². The Bertz CT molecular complexity index is 918. The van der Waals surface area contributed by atoms with Gasteiger partial charge in [-0.1, -0.05) is 6.92 Å². The van der Waals surface area contributed by atoms with Crippen molar-refractivity contribution in [2.75, 3.05) is 20.6 Å². The van der Waals surface area contributed by atoms with E-state index in [4.69, 9.17) is 5.73 Å². The van der Waals surface area contributed by atoms with E-state index in [1.807, 2.05) is 18.7 Å². The number of fused-ring (bicyclic) bond motifs is 1. The molecule has 1 aromatic carbocycles. The van der Waals surface area contributed by atoms with Crippen molar-refractivity contribution < 1.29 is 13.2 Å². The molecule has 0 bridgehead atoms. The predicted octanol–water partition coefficient (Wildman–Crippen LogP) is 1.39. The molecule has 0 unspecified atom stereocenters. The lowest BCUT2D eigenvalue weighted by Crippen LogP contribution is -2.38. The van der Waals surface area contributed by atoms with Crippen molar-refractivity contribution in [3.8, 4) is 0 Å². The van der Waals surface area contributed by atoms with Gasteiger partial charge < -0.3 is 10.3 Å². The minimum absolute atomic E-state index is 0.122. The first-order chi connectivity index (χ1) is 12.6. The minimum Gasteiger partial charge on any atom is -0.369 e. The van der Waals surface area contributed by atoms with Crippen LogP contribution in [0.5, 0.6) is 0 Å². The number of imidazole rings is 1. The van der Waals surface area contributed by atoms with E-state index in [-0.39, 0.29) is 23.4 Å². The van der Waals surface area contributed by atoms with Crippen molar-refractivity contribution in [1.82, 2.24) is 18.8 Å². The zero-order chi connectivity index (χ0) is 20.4. The van der Waals surface area contributed by atoms with E-state index < -0.39 is 10.0 Å². The quantitative estimate of drug-likeness (QED) is 0.691. The van der Waals surface area contributed by atoms with E-state index in [0.717, 1.165) is 24.3 Å². The van der Waals surface area contributed by atoms with E-state index in [2.05, 4.69) is 16.5 Å². The van der Waals surface area contributed by atoms with Gasteiger partial charge in [0, 0.05) is 26.7 Å². The molecule has 2 N–H and O–H groups in total. The maximum atomic E-state index is 12.4. The van der Waals surface area contributed by atoms with Gasteiger partial charge in [-0.05, 0) is 38.5 Å². The maximum absolute atomic E-state index is 12.4. The molecule has 2 rings (SSSR count). The average molecular weight is 396 g/mol. The van der Waals surface area contributed by atoms with Crippen LogP contribution in [0, 0.1) is 0 Å². The van der Waals surface area contributed by atoms with Crippen LogP contribution in [-0.4, -0.2) is 59.8 Å². The molecule has 1 amide bonds. The van der Waals surface area contributed by atoms with Crippen LogP contribution < -0.4 is 5.73 Å². The summed E-state index contributed by atoms with van der Waals surface area (Å²) >= 11 is 0. The Morgan fingerprint density at radius 1 is 1.30 bits per heavy atom. The van der Waals surface area contributed by atoms with Crippen molar-refractivity contribution in [3.05, 3.63) is 24.0 Å². The number of hydrogen-bond acceptors (Lipinski definition) is 5. The van der Waals surface area contributed by atoms with Crippen LogP contribution in [0.1, 0.15) is 33.0 Å². The summed E-state index contributed by atoms with van der Waals surface area (Å²) in [7, 11) is -0.514. The van der Waals surface area contributed by atoms with Crippen molar-refractivity contribution in [2.45, 2.75) is 51.2 Å². The third kappa shape index (κ3) is 4.66. The number of carbonyl (C=O) groups excluding carboxylic acids is 1. The molecule has 1 heterocycles. The van der Waals surface area contributed by atoms with Crippen LogP contribution in [0.15, 0.2) is 23.1 Å². The van der Waals surface area contributed by atoms with Gasteiger partial charge in [-0.25, -0.2) is 17.7 Å². The van der Waals surface area contributed by atoms with Gasteiger partial charge in [0.25, 0.3) is 0 Å². The van der Waals surface area contributed by atoms with E-state index in [1.165, 1.54) is 18.4 Å². The molecule has 0 fully saturated rings. The monoisotopic (exact) mass is 395 g/mol. The van der Waals surface area contributed by atoms with Crippen LogP contribution in [0.3, 0.4) is 0 Å². The fourth-order valence-electron chi connectivity index (χ4n) is 2.93. The van der Waals surface area contributed by atoms with Gasteiger partial charge in [-0.2, -0.15) is 0 Å². The van der Waals surface area contributed by atoms with Crippen LogP contribution in [-0.2, 0) is 27.9 Å². The number of benzene rings is 1. The summed E-state index contributed by atoms with van der Waals surface area (Å²) in [5, 5.41) is 0. The maximum Gasteiger partial charge on any atom is 0.242 e. The number of nitrogens with zero attached hydrogens (tertiary/aromatic N) is 4. The summed E-state index contributed by atoms with van der Waals surface area (Å²) in [6, 6.07) is 5.13. The molecule has 0 spiro atoms. The summed E-state index contributed by atoms with van der Waals surface area (Å²) in [6.07, 6.45) is 0.910. The summed E-state index contributed by atoms with van der Waals surface area (Å²) in [5.74, 6) is 0.405. The molecule has 1 aromatic heterocycles. The SMILES string of the molecule is CCCn1c(CN(CC(N)=O)C(C)C)nc2cc(S(=O)(=O)N(C)C)ccc21. The fraction of sp³-hybridized carbons (Fsp3) is 0.556. The first-order valence-corrected chi connectivity index (χ1v) is 10.5. The number of carbonyl (C=O) groups is 1. The lowest BCUT2D eigenvalue weighted by Gasteiger charge is -2.24. The van der Waals surface area contributed by atoms with Crippen molar-refractivity contribution in [3.63, 3.8) is 0 Å². The van der Waals surface area contributed by atoms with Crippen LogP contribution in [0.2, 0.25) is 0 Å². The lowest BCUT2D eigenvalue weighted by molar-refractivity contribution is -0.119. The smallest absolute Gasteiger partial charge is 0.242 e. The van der Waals surface area contributed by atoms with Crippen LogP contribution in [0.25, 0.3) is 11.0 Å². The molecule has 27 heavy (non-hydrogen) atoms. The first kappa shape index (κ1) is 21.3. The zero-order valence-corrected chi connectivity index (χ0v) is 17.5. The Hall–Kier alpha value is -1.97. The standard InChI is InChI=1S/C18H29N5O3S/c1-6-9-23-16-8-7-14(27(25,26)21(4)5)10-15(16)20-18(23)12-22(13(2)3)11-17(19)24/h7-8,10,13H,6,9,11-12H2,1-5H3,(H2,19,24). The van der Waals surface area contributed by atoms with E-state index >= 15 is 0 Å². The Labute approximate surface area is 161 Å². The number of rotatable bonds is 9. The fourth-order valence-corrected chi connectivity index (χ4v) is 3.85. The highest BCUT2D eigenvalue weighted by atomic mass is 32.2. The van der Waals surface area contributed by atoms with E-state index in [1.54, 1.807) is 18.2 Å². The molecule has 0 aliphatic rings. The number of hydrogen-bond donors (Lipinski definition) is 1. The van der Waals surface area contributed by atoms with Crippen molar-refractivity contribution in [1.29, 1.82) is 0 Å². The molecule has 0 atom stereocenters. The molecule has 0 saturated carbocycles. The molecule has 0 aliphatic carbocycles. The largest absolute Gasteiger partial charge is 0.369 e.